The first-order valence-corrected chi connectivity index (χ1v) is 14.9. The van der Waals surface area contributed by atoms with Crippen molar-refractivity contribution >= 4 is 51.9 Å². The molecule has 44 heavy (non-hydrogen) atoms. The molecular formula is C29H35Cl2F5N6O2. The summed E-state index contributed by atoms with van der Waals surface area (Å²) in [5, 5.41) is 9.76. The van der Waals surface area contributed by atoms with Crippen molar-refractivity contribution in [3.05, 3.63) is 39.4 Å². The van der Waals surface area contributed by atoms with E-state index in [2.05, 4.69) is 25.9 Å². The summed E-state index contributed by atoms with van der Waals surface area (Å²) in [6.45, 7) is 4.83. The Balaban J connectivity index is 1.57. The van der Waals surface area contributed by atoms with Crippen molar-refractivity contribution in [1.29, 1.82) is 0 Å². The second kappa shape index (κ2) is 13.6. The first kappa shape index (κ1) is 34.0. The highest BCUT2D eigenvalue weighted by atomic mass is 35.5. The number of ether oxygens (including phenoxy) is 1. The van der Waals surface area contributed by atoms with E-state index in [9.17, 15) is 26.7 Å². The lowest BCUT2D eigenvalue weighted by atomic mass is 9.85. The molecule has 0 bridgehead atoms. The molecule has 242 valence electrons. The first-order valence-electron chi connectivity index (χ1n) is 14.1. The van der Waals surface area contributed by atoms with Gasteiger partial charge in [0.15, 0.2) is 12.3 Å². The van der Waals surface area contributed by atoms with Crippen LogP contribution in [-0.2, 0) is 24.9 Å². The van der Waals surface area contributed by atoms with Crippen molar-refractivity contribution in [3.8, 4) is 5.88 Å². The Morgan fingerprint density at radius 2 is 1.75 bits per heavy atom. The molecule has 3 aromatic rings. The number of hydrogen-bond donors (Lipinski definition) is 3. The molecule has 2 aromatic heterocycles. The van der Waals surface area contributed by atoms with Crippen molar-refractivity contribution in [2.24, 2.45) is 18.4 Å². The number of benzene rings is 1. The minimum Gasteiger partial charge on any atom is -0.471 e. The van der Waals surface area contributed by atoms with Gasteiger partial charge in [-0.2, -0.15) is 18.2 Å². The number of halogens is 7. The lowest BCUT2D eigenvalue weighted by Gasteiger charge is -2.30. The number of carbonyl (C=O) groups excluding carboxylic acids is 1. The Kier molecular flexibility index (Phi) is 10.5. The van der Waals surface area contributed by atoms with Gasteiger partial charge >= 0.3 is 6.18 Å². The van der Waals surface area contributed by atoms with Crippen molar-refractivity contribution in [3.63, 3.8) is 0 Å². The second-order valence-electron chi connectivity index (χ2n) is 11.9. The molecule has 0 unspecified atom stereocenters. The Hall–Kier alpha value is -2.90. The van der Waals surface area contributed by atoms with E-state index in [1.807, 2.05) is 0 Å². The summed E-state index contributed by atoms with van der Waals surface area (Å²) in [4.78, 5) is 21.4. The Morgan fingerprint density at radius 3 is 2.36 bits per heavy atom. The number of nitrogens with one attached hydrogen (secondary N) is 3. The number of aromatic nitrogens is 3. The third kappa shape index (κ3) is 8.22. The van der Waals surface area contributed by atoms with Crippen LogP contribution in [0.4, 0.5) is 33.6 Å². The van der Waals surface area contributed by atoms with Gasteiger partial charge in [-0.05, 0) is 43.4 Å². The van der Waals surface area contributed by atoms with Crippen molar-refractivity contribution < 1.29 is 31.5 Å². The van der Waals surface area contributed by atoms with Crippen LogP contribution in [0.25, 0.3) is 11.2 Å². The van der Waals surface area contributed by atoms with Crippen LogP contribution >= 0.6 is 23.2 Å². The van der Waals surface area contributed by atoms with Crippen LogP contribution in [-0.4, -0.2) is 45.7 Å². The third-order valence-electron chi connectivity index (χ3n) is 7.53. The summed E-state index contributed by atoms with van der Waals surface area (Å²) < 4.78 is 72.1. The normalized spacial score (nSPS) is 17.7. The summed E-state index contributed by atoms with van der Waals surface area (Å²) >= 11 is 13.1. The fourth-order valence-corrected chi connectivity index (χ4v) is 5.45. The minimum absolute atomic E-state index is 0.0255. The van der Waals surface area contributed by atoms with E-state index in [1.54, 1.807) is 50.6 Å². The summed E-state index contributed by atoms with van der Waals surface area (Å²) in [5.74, 6) is -1.20. The molecule has 1 aliphatic rings. The molecule has 8 nitrogen and oxygen atoms in total. The van der Waals surface area contributed by atoms with Gasteiger partial charge in [-0.3, -0.25) is 9.36 Å². The zero-order valence-electron chi connectivity index (χ0n) is 24.7. The van der Waals surface area contributed by atoms with Crippen LogP contribution in [0, 0.1) is 11.3 Å². The molecule has 1 saturated carbocycles. The van der Waals surface area contributed by atoms with Gasteiger partial charge in [0, 0.05) is 37.2 Å². The van der Waals surface area contributed by atoms with E-state index < -0.39 is 30.5 Å². The van der Waals surface area contributed by atoms with E-state index in [-0.39, 0.29) is 48.8 Å². The number of rotatable bonds is 10. The zero-order chi connectivity index (χ0) is 32.4. The molecule has 4 rings (SSSR count). The standard InChI is InChI=1S/C29H35Cl2F5N6O2/c1-28(2,3)26(43)38-12-15-5-10-19(30)23(22(15)31)40-27-39-20-11-16(25(44-14-21(32)33)41-24(20)42(27)4)13-37-18-8-6-17(7-9-18)29(34,35)36/h5,10-11,17-18,21,37H,6-9,12-14H2,1-4H3,(H,38,43)(H,39,40). The summed E-state index contributed by atoms with van der Waals surface area (Å²) in [6.07, 6.45) is -6.22. The summed E-state index contributed by atoms with van der Waals surface area (Å²) in [5.41, 5.74) is 1.56. The van der Waals surface area contributed by atoms with Crippen molar-refractivity contribution in [2.45, 2.75) is 78.2 Å². The molecular weight excluding hydrogens is 630 g/mol. The predicted molar refractivity (Wildman–Crippen MR) is 160 cm³/mol. The molecule has 15 heteroatoms. The molecule has 0 atom stereocenters. The van der Waals surface area contributed by atoms with Gasteiger partial charge in [-0.15, -0.1) is 0 Å². The zero-order valence-corrected chi connectivity index (χ0v) is 26.2. The molecule has 1 aliphatic carbocycles. The van der Waals surface area contributed by atoms with E-state index in [4.69, 9.17) is 27.9 Å². The number of hydrogen-bond acceptors (Lipinski definition) is 6. The minimum atomic E-state index is -4.21. The lowest BCUT2D eigenvalue weighted by molar-refractivity contribution is -0.182. The molecule has 0 radical (unpaired) electrons. The molecule has 2 heterocycles. The van der Waals surface area contributed by atoms with Crippen LogP contribution in [0.2, 0.25) is 10.0 Å². The van der Waals surface area contributed by atoms with Gasteiger partial charge in [0.2, 0.25) is 17.7 Å². The van der Waals surface area contributed by atoms with Crippen LogP contribution in [0.1, 0.15) is 57.6 Å². The van der Waals surface area contributed by atoms with E-state index in [1.165, 1.54) is 0 Å². The average Bonchev–Trinajstić information content (AvgIpc) is 3.24. The predicted octanol–water partition coefficient (Wildman–Crippen LogP) is 7.54. The molecule has 1 fully saturated rings. The lowest BCUT2D eigenvalue weighted by Crippen LogP contribution is -2.36. The average molecular weight is 666 g/mol. The van der Waals surface area contributed by atoms with Crippen LogP contribution in [0.3, 0.4) is 0 Å². The molecule has 0 aliphatic heterocycles. The number of aryl methyl sites for hydroxylation is 1. The quantitative estimate of drug-likeness (QED) is 0.194. The highest BCUT2D eigenvalue weighted by molar-refractivity contribution is 6.39. The maximum atomic E-state index is 13.1. The molecule has 1 aromatic carbocycles. The van der Waals surface area contributed by atoms with E-state index >= 15 is 0 Å². The number of anilines is 2. The molecule has 0 saturated heterocycles. The smallest absolute Gasteiger partial charge is 0.391 e. The highest BCUT2D eigenvalue weighted by Crippen LogP contribution is 2.38. The topological polar surface area (TPSA) is 93.1 Å². The van der Waals surface area contributed by atoms with Gasteiger partial charge < -0.3 is 20.7 Å². The SMILES string of the molecule is Cn1c(Nc2c(Cl)ccc(CNC(=O)C(C)(C)C)c2Cl)nc2cc(CNC3CCC(C(F)(F)F)CC3)c(OCC(F)F)nc21. The maximum Gasteiger partial charge on any atom is 0.391 e. The Morgan fingerprint density at radius 1 is 1.07 bits per heavy atom. The van der Waals surface area contributed by atoms with Crippen molar-refractivity contribution in [2.75, 3.05) is 11.9 Å². The van der Waals surface area contributed by atoms with Crippen LogP contribution < -0.4 is 20.7 Å². The van der Waals surface area contributed by atoms with Gasteiger partial charge in [0.05, 0.1) is 21.7 Å². The number of alkyl halides is 5. The first-order chi connectivity index (χ1) is 20.5. The fraction of sp³-hybridized carbons (Fsp3) is 0.552. The Labute approximate surface area is 262 Å². The van der Waals surface area contributed by atoms with Gasteiger partial charge in [-0.1, -0.05) is 50.0 Å². The number of imidazole rings is 1. The van der Waals surface area contributed by atoms with Crippen LogP contribution in [0.5, 0.6) is 5.88 Å². The number of carbonyl (C=O) groups is 1. The van der Waals surface area contributed by atoms with Gasteiger partial charge in [-0.25, -0.2) is 13.8 Å². The number of pyridine rings is 1. The molecule has 0 spiro atoms. The molecule has 1 amide bonds. The number of nitrogens with zero attached hydrogens (tertiary/aromatic N) is 3. The largest absolute Gasteiger partial charge is 0.471 e. The third-order valence-corrected chi connectivity index (χ3v) is 8.28. The number of fused-ring (bicyclic) bond motifs is 1. The monoisotopic (exact) mass is 664 g/mol. The van der Waals surface area contributed by atoms with Gasteiger partial charge in [0.25, 0.3) is 6.43 Å². The second-order valence-corrected chi connectivity index (χ2v) is 12.7. The fourth-order valence-electron chi connectivity index (χ4n) is 4.92. The van der Waals surface area contributed by atoms with Crippen LogP contribution in [0.15, 0.2) is 18.2 Å². The van der Waals surface area contributed by atoms with E-state index in [0.717, 1.165) is 0 Å². The van der Waals surface area contributed by atoms with Gasteiger partial charge in [0.1, 0.15) is 5.52 Å². The summed E-state index contributed by atoms with van der Waals surface area (Å²) in [6, 6.07) is 4.82. The van der Waals surface area contributed by atoms with Crippen molar-refractivity contribution in [1.82, 2.24) is 25.2 Å². The molecule has 3 N–H and O–H groups in total. The number of amides is 1. The highest BCUT2D eigenvalue weighted by Gasteiger charge is 2.41. The van der Waals surface area contributed by atoms with E-state index in [0.29, 0.717) is 51.8 Å². The summed E-state index contributed by atoms with van der Waals surface area (Å²) in [7, 11) is 1.66. The Bertz CT molecular complexity index is 1480. The maximum absolute atomic E-state index is 13.1.